The highest BCUT2D eigenvalue weighted by atomic mass is 35.5. The molecule has 0 amide bonds. The number of aromatic nitrogens is 1. The Hall–Kier alpha value is -1.65. The Balaban J connectivity index is 2.56. The molecular formula is C14H15ClFN3. The maximum absolute atomic E-state index is 14.2. The fraction of sp³-hybridized carbons (Fsp3) is 0.214. The number of anilines is 1. The number of nitrogens with zero attached hydrogens (tertiary/aromatic N) is 1. The number of halogens is 2. The lowest BCUT2D eigenvalue weighted by Crippen LogP contribution is -2.21. The predicted molar refractivity (Wildman–Crippen MR) is 75.7 cm³/mol. The summed E-state index contributed by atoms with van der Waals surface area (Å²) >= 11 is 5.94. The first-order valence-electron chi connectivity index (χ1n) is 5.87. The van der Waals surface area contributed by atoms with Crippen molar-refractivity contribution in [3.8, 4) is 0 Å². The van der Waals surface area contributed by atoms with Gasteiger partial charge in [-0.2, -0.15) is 0 Å². The molecule has 1 aromatic carbocycles. The van der Waals surface area contributed by atoms with E-state index in [2.05, 4.69) is 10.3 Å². The van der Waals surface area contributed by atoms with Gasteiger partial charge in [-0.05, 0) is 25.6 Å². The third-order valence-corrected chi connectivity index (χ3v) is 3.26. The Morgan fingerprint density at radius 1 is 1.37 bits per heavy atom. The van der Waals surface area contributed by atoms with Crippen molar-refractivity contribution < 1.29 is 4.39 Å². The molecule has 1 unspecified atom stereocenters. The largest absolute Gasteiger partial charge is 0.383 e. The molecule has 3 N–H and O–H groups in total. The average molecular weight is 280 g/mol. The lowest BCUT2D eigenvalue weighted by Gasteiger charge is -2.20. The summed E-state index contributed by atoms with van der Waals surface area (Å²) in [6.07, 6.45) is 1.47. The Bertz CT molecular complexity index is 599. The summed E-state index contributed by atoms with van der Waals surface area (Å²) in [6.45, 7) is 1.73. The van der Waals surface area contributed by atoms with Crippen LogP contribution in [0.1, 0.15) is 22.7 Å². The molecule has 100 valence electrons. The van der Waals surface area contributed by atoms with E-state index in [0.717, 1.165) is 0 Å². The zero-order valence-corrected chi connectivity index (χ0v) is 11.5. The van der Waals surface area contributed by atoms with Gasteiger partial charge in [-0.25, -0.2) is 9.37 Å². The molecule has 0 fully saturated rings. The van der Waals surface area contributed by atoms with E-state index < -0.39 is 0 Å². The number of hydrogen-bond donors (Lipinski definition) is 2. The number of rotatable bonds is 3. The van der Waals surface area contributed by atoms with Crippen LogP contribution in [0.25, 0.3) is 0 Å². The minimum Gasteiger partial charge on any atom is -0.383 e. The number of nitrogen functional groups attached to an aromatic ring is 1. The zero-order valence-electron chi connectivity index (χ0n) is 10.7. The summed E-state index contributed by atoms with van der Waals surface area (Å²) in [7, 11) is 1.74. The van der Waals surface area contributed by atoms with E-state index in [0.29, 0.717) is 27.5 Å². The van der Waals surface area contributed by atoms with E-state index in [9.17, 15) is 4.39 Å². The second-order valence-corrected chi connectivity index (χ2v) is 4.76. The van der Waals surface area contributed by atoms with Crippen molar-refractivity contribution in [2.24, 2.45) is 0 Å². The molecule has 0 aliphatic carbocycles. The van der Waals surface area contributed by atoms with E-state index >= 15 is 0 Å². The second-order valence-electron chi connectivity index (χ2n) is 4.33. The molecule has 0 aliphatic rings. The van der Waals surface area contributed by atoms with Crippen LogP contribution < -0.4 is 11.1 Å². The number of aryl methyl sites for hydroxylation is 1. The molecule has 0 saturated carbocycles. The molecule has 1 heterocycles. The van der Waals surface area contributed by atoms with Crippen LogP contribution in [-0.4, -0.2) is 12.0 Å². The van der Waals surface area contributed by atoms with Gasteiger partial charge in [-0.3, -0.25) is 0 Å². The Morgan fingerprint density at radius 2 is 2.11 bits per heavy atom. The fourth-order valence-corrected chi connectivity index (χ4v) is 2.23. The molecular weight excluding hydrogens is 265 g/mol. The summed E-state index contributed by atoms with van der Waals surface area (Å²) in [6, 6.07) is 6.58. The molecule has 2 rings (SSSR count). The highest BCUT2D eigenvalue weighted by Gasteiger charge is 2.20. The van der Waals surface area contributed by atoms with Crippen molar-refractivity contribution >= 4 is 17.4 Å². The first-order valence-corrected chi connectivity index (χ1v) is 6.25. The monoisotopic (exact) mass is 279 g/mol. The van der Waals surface area contributed by atoms with Gasteiger partial charge >= 0.3 is 0 Å². The molecule has 2 aromatic rings. The van der Waals surface area contributed by atoms with E-state index in [1.807, 2.05) is 6.07 Å². The van der Waals surface area contributed by atoms with Gasteiger partial charge in [0.25, 0.3) is 0 Å². The van der Waals surface area contributed by atoms with Crippen molar-refractivity contribution in [2.45, 2.75) is 13.0 Å². The smallest absolute Gasteiger partial charge is 0.131 e. The fourth-order valence-electron chi connectivity index (χ4n) is 2.07. The van der Waals surface area contributed by atoms with Gasteiger partial charge in [0.05, 0.1) is 11.1 Å². The number of nitrogens with two attached hydrogens (primary N) is 1. The van der Waals surface area contributed by atoms with Crippen molar-refractivity contribution in [3.63, 3.8) is 0 Å². The van der Waals surface area contributed by atoms with Gasteiger partial charge < -0.3 is 11.1 Å². The molecule has 0 saturated heterocycles. The molecule has 0 aliphatic heterocycles. The van der Waals surface area contributed by atoms with Crippen molar-refractivity contribution in [3.05, 3.63) is 58.0 Å². The van der Waals surface area contributed by atoms with Crippen LogP contribution >= 0.6 is 11.6 Å². The number of benzene rings is 1. The minimum atomic E-state index is -0.383. The molecule has 0 radical (unpaired) electrons. The minimum absolute atomic E-state index is 0.249. The number of nitrogens with one attached hydrogen (secondary N) is 1. The summed E-state index contributed by atoms with van der Waals surface area (Å²) in [4.78, 5) is 4.01. The summed E-state index contributed by atoms with van der Waals surface area (Å²) in [5.41, 5.74) is 7.64. The Morgan fingerprint density at radius 3 is 2.79 bits per heavy atom. The lowest BCUT2D eigenvalue weighted by atomic mass is 9.97. The normalized spacial score (nSPS) is 12.4. The van der Waals surface area contributed by atoms with E-state index in [1.54, 1.807) is 32.2 Å². The van der Waals surface area contributed by atoms with Crippen molar-refractivity contribution in [1.82, 2.24) is 10.3 Å². The van der Waals surface area contributed by atoms with Crippen LogP contribution in [0.3, 0.4) is 0 Å². The van der Waals surface area contributed by atoms with Crippen LogP contribution in [0.5, 0.6) is 0 Å². The topological polar surface area (TPSA) is 50.9 Å². The van der Waals surface area contributed by atoms with Gasteiger partial charge in [-0.1, -0.05) is 29.8 Å². The lowest BCUT2D eigenvalue weighted by molar-refractivity contribution is 0.569. The van der Waals surface area contributed by atoms with Gasteiger partial charge in [0.2, 0.25) is 0 Å². The molecule has 0 bridgehead atoms. The summed E-state index contributed by atoms with van der Waals surface area (Å²) in [5, 5.41) is 3.52. The molecule has 3 nitrogen and oxygen atoms in total. The highest BCUT2D eigenvalue weighted by molar-refractivity contribution is 6.30. The van der Waals surface area contributed by atoms with Gasteiger partial charge in [0.1, 0.15) is 11.6 Å². The van der Waals surface area contributed by atoms with E-state index in [1.165, 1.54) is 6.20 Å². The van der Waals surface area contributed by atoms with Crippen LogP contribution in [0.4, 0.5) is 10.2 Å². The van der Waals surface area contributed by atoms with Gasteiger partial charge in [0, 0.05) is 17.3 Å². The number of pyridine rings is 1. The SMILES string of the molecule is CNC(c1cc(Cl)cnc1N)c1cccc(C)c1F. The standard InChI is InChI=1S/C14H15ClFN3/c1-8-4-3-5-10(12(8)16)13(18-2)11-6-9(15)7-19-14(11)17/h3-7,13,18H,1-2H3,(H2,17,19). The van der Waals surface area contributed by atoms with Crippen LogP contribution in [-0.2, 0) is 0 Å². The molecule has 5 heteroatoms. The first kappa shape index (κ1) is 13.8. The maximum Gasteiger partial charge on any atom is 0.131 e. The van der Waals surface area contributed by atoms with Crippen LogP contribution in [0, 0.1) is 12.7 Å². The number of hydrogen-bond acceptors (Lipinski definition) is 3. The third-order valence-electron chi connectivity index (χ3n) is 3.05. The van der Waals surface area contributed by atoms with E-state index in [4.69, 9.17) is 17.3 Å². The van der Waals surface area contributed by atoms with Crippen LogP contribution in [0.15, 0.2) is 30.5 Å². The molecule has 1 aromatic heterocycles. The first-order chi connectivity index (χ1) is 9.04. The average Bonchev–Trinajstić information content (AvgIpc) is 2.39. The quantitative estimate of drug-likeness (QED) is 0.908. The molecule has 19 heavy (non-hydrogen) atoms. The van der Waals surface area contributed by atoms with Crippen molar-refractivity contribution in [1.29, 1.82) is 0 Å². The van der Waals surface area contributed by atoms with Gasteiger partial charge in [0.15, 0.2) is 0 Å². The van der Waals surface area contributed by atoms with Gasteiger partial charge in [-0.15, -0.1) is 0 Å². The maximum atomic E-state index is 14.2. The molecule has 0 spiro atoms. The zero-order chi connectivity index (χ0) is 14.0. The molecule has 1 atom stereocenters. The third kappa shape index (κ3) is 2.69. The summed E-state index contributed by atoms with van der Waals surface area (Å²) in [5.74, 6) is 0.0888. The predicted octanol–water partition coefficient (Wildman–Crippen LogP) is 3.07. The van der Waals surface area contributed by atoms with E-state index in [-0.39, 0.29) is 11.9 Å². The Kier molecular flexibility index (Phi) is 4.02. The second kappa shape index (κ2) is 5.55. The van der Waals surface area contributed by atoms with Crippen LogP contribution in [0.2, 0.25) is 5.02 Å². The highest BCUT2D eigenvalue weighted by Crippen LogP contribution is 2.29. The Labute approximate surface area is 116 Å². The van der Waals surface area contributed by atoms with Crippen molar-refractivity contribution in [2.75, 3.05) is 12.8 Å². The summed E-state index contributed by atoms with van der Waals surface area (Å²) < 4.78 is 14.2.